The molecule has 110 valence electrons. The first kappa shape index (κ1) is 14.8. The van der Waals surface area contributed by atoms with Crippen molar-refractivity contribution in [1.29, 1.82) is 0 Å². The van der Waals surface area contributed by atoms with E-state index in [1.54, 1.807) is 0 Å². The van der Waals surface area contributed by atoms with Crippen molar-refractivity contribution in [1.82, 2.24) is 15.1 Å². The summed E-state index contributed by atoms with van der Waals surface area (Å²) in [5.41, 5.74) is 5.91. The smallest absolute Gasteiger partial charge is 0.237 e. The molecular weight excluding hydrogens is 240 g/mol. The van der Waals surface area contributed by atoms with E-state index in [0.29, 0.717) is 6.54 Å². The van der Waals surface area contributed by atoms with Gasteiger partial charge in [-0.1, -0.05) is 0 Å². The van der Waals surface area contributed by atoms with Gasteiger partial charge in [-0.15, -0.1) is 0 Å². The molecule has 1 atom stereocenters. The third-order valence-electron chi connectivity index (χ3n) is 4.62. The lowest BCUT2D eigenvalue weighted by Gasteiger charge is -2.45. The molecule has 5 heteroatoms. The molecule has 0 radical (unpaired) electrons. The maximum Gasteiger partial charge on any atom is 0.237 e. The molecule has 3 N–H and O–H groups in total. The summed E-state index contributed by atoms with van der Waals surface area (Å²) in [6, 6.07) is 0.0886. The fraction of sp³-hybridized carbons (Fsp3) is 0.929. The van der Waals surface area contributed by atoms with E-state index in [4.69, 9.17) is 5.73 Å². The molecule has 0 aliphatic carbocycles. The molecule has 2 rings (SSSR count). The summed E-state index contributed by atoms with van der Waals surface area (Å²) in [5.74, 6) is 0.226. The molecule has 2 aliphatic heterocycles. The maximum atomic E-state index is 12.1. The Balaban J connectivity index is 1.90. The van der Waals surface area contributed by atoms with Gasteiger partial charge in [-0.25, -0.2) is 0 Å². The number of amides is 1. The standard InChI is InChI=1S/C14H28N4O/c1-14(2,11-15)18-9-7-17(8-10-18)12-5-3-4-6-16-13(12)19/h12H,3-11,15H2,1-2H3,(H,16,19). The van der Waals surface area contributed by atoms with Gasteiger partial charge in [0.25, 0.3) is 0 Å². The molecular formula is C14H28N4O. The minimum atomic E-state index is 0.0673. The molecule has 2 heterocycles. The summed E-state index contributed by atoms with van der Waals surface area (Å²) >= 11 is 0. The van der Waals surface area contributed by atoms with Gasteiger partial charge >= 0.3 is 0 Å². The van der Waals surface area contributed by atoms with Crippen molar-refractivity contribution in [3.05, 3.63) is 0 Å². The van der Waals surface area contributed by atoms with E-state index in [9.17, 15) is 4.79 Å². The predicted octanol–water partition coefficient (Wildman–Crippen LogP) is 0.0100. The predicted molar refractivity (Wildman–Crippen MR) is 76.9 cm³/mol. The molecule has 1 unspecified atom stereocenters. The van der Waals surface area contributed by atoms with Crippen molar-refractivity contribution >= 4 is 5.91 Å². The van der Waals surface area contributed by atoms with Crippen LogP contribution in [-0.2, 0) is 4.79 Å². The van der Waals surface area contributed by atoms with E-state index < -0.39 is 0 Å². The Morgan fingerprint density at radius 3 is 2.58 bits per heavy atom. The molecule has 2 saturated heterocycles. The molecule has 0 aromatic heterocycles. The van der Waals surface area contributed by atoms with Gasteiger partial charge in [0.2, 0.25) is 5.91 Å². The van der Waals surface area contributed by atoms with E-state index in [1.807, 2.05) is 0 Å². The molecule has 0 saturated carbocycles. The molecule has 2 fully saturated rings. The van der Waals surface area contributed by atoms with Crippen LogP contribution in [0.2, 0.25) is 0 Å². The second kappa shape index (κ2) is 6.20. The van der Waals surface area contributed by atoms with E-state index in [1.165, 1.54) is 0 Å². The number of carbonyl (C=O) groups excluding carboxylic acids is 1. The monoisotopic (exact) mass is 268 g/mol. The number of hydrogen-bond donors (Lipinski definition) is 2. The average Bonchev–Trinajstić information content (AvgIpc) is 2.63. The number of nitrogens with zero attached hydrogens (tertiary/aromatic N) is 2. The summed E-state index contributed by atoms with van der Waals surface area (Å²) in [6.45, 7) is 9.87. The van der Waals surface area contributed by atoms with Gasteiger partial charge in [0.05, 0.1) is 6.04 Å². The molecule has 0 aromatic carbocycles. The van der Waals surface area contributed by atoms with E-state index >= 15 is 0 Å². The van der Waals surface area contributed by atoms with Crippen molar-refractivity contribution in [2.75, 3.05) is 39.3 Å². The van der Waals surface area contributed by atoms with Gasteiger partial charge in [0, 0.05) is 44.8 Å². The van der Waals surface area contributed by atoms with Crippen molar-refractivity contribution in [3.8, 4) is 0 Å². The quantitative estimate of drug-likeness (QED) is 0.757. The number of carbonyl (C=O) groups is 1. The third kappa shape index (κ3) is 3.46. The van der Waals surface area contributed by atoms with Gasteiger partial charge in [-0.3, -0.25) is 14.6 Å². The SMILES string of the molecule is CC(C)(CN)N1CCN(C2CCCCNC2=O)CC1. The molecule has 0 bridgehead atoms. The molecule has 2 aliphatic rings. The molecule has 0 spiro atoms. The lowest BCUT2D eigenvalue weighted by Crippen LogP contribution is -2.60. The van der Waals surface area contributed by atoms with Crippen LogP contribution in [0.4, 0.5) is 0 Å². The topological polar surface area (TPSA) is 61.6 Å². The minimum Gasteiger partial charge on any atom is -0.355 e. The maximum absolute atomic E-state index is 12.1. The average molecular weight is 268 g/mol. The van der Waals surface area contributed by atoms with Gasteiger partial charge in [-0.2, -0.15) is 0 Å². The van der Waals surface area contributed by atoms with Gasteiger partial charge in [0.15, 0.2) is 0 Å². The highest BCUT2D eigenvalue weighted by Gasteiger charge is 2.33. The summed E-state index contributed by atoms with van der Waals surface area (Å²) in [5, 5.41) is 3.03. The molecule has 5 nitrogen and oxygen atoms in total. The number of nitrogens with two attached hydrogens (primary N) is 1. The first-order valence-electron chi connectivity index (χ1n) is 7.51. The molecule has 0 aromatic rings. The highest BCUT2D eigenvalue weighted by atomic mass is 16.2. The Labute approximate surface area is 116 Å². The zero-order chi connectivity index (χ0) is 13.9. The Bertz CT molecular complexity index is 311. The summed E-state index contributed by atoms with van der Waals surface area (Å²) < 4.78 is 0. The fourth-order valence-corrected chi connectivity index (χ4v) is 3.04. The zero-order valence-corrected chi connectivity index (χ0v) is 12.3. The Kier molecular flexibility index (Phi) is 4.81. The second-order valence-electron chi connectivity index (χ2n) is 6.34. The van der Waals surface area contributed by atoms with Crippen LogP contribution < -0.4 is 11.1 Å². The van der Waals surface area contributed by atoms with Crippen LogP contribution in [0.5, 0.6) is 0 Å². The Morgan fingerprint density at radius 2 is 1.95 bits per heavy atom. The first-order chi connectivity index (χ1) is 9.04. The normalized spacial score (nSPS) is 27.9. The summed E-state index contributed by atoms with van der Waals surface area (Å²) in [4.78, 5) is 16.9. The summed E-state index contributed by atoms with van der Waals surface area (Å²) in [7, 11) is 0. The fourth-order valence-electron chi connectivity index (χ4n) is 3.04. The van der Waals surface area contributed by atoms with Crippen LogP contribution in [0.25, 0.3) is 0 Å². The number of rotatable bonds is 3. The van der Waals surface area contributed by atoms with Gasteiger partial charge in [0.1, 0.15) is 0 Å². The largest absolute Gasteiger partial charge is 0.355 e. The Hall–Kier alpha value is -0.650. The van der Waals surface area contributed by atoms with Crippen LogP contribution in [0, 0.1) is 0 Å². The van der Waals surface area contributed by atoms with Crippen LogP contribution in [0.15, 0.2) is 0 Å². The van der Waals surface area contributed by atoms with Crippen molar-refractivity contribution in [2.24, 2.45) is 5.73 Å². The Morgan fingerprint density at radius 1 is 1.26 bits per heavy atom. The molecule has 1 amide bonds. The lowest BCUT2D eigenvalue weighted by atomic mass is 10.0. The van der Waals surface area contributed by atoms with Crippen molar-refractivity contribution < 1.29 is 4.79 Å². The van der Waals surface area contributed by atoms with Crippen molar-refractivity contribution in [2.45, 2.75) is 44.7 Å². The number of hydrogen-bond acceptors (Lipinski definition) is 4. The van der Waals surface area contributed by atoms with E-state index in [0.717, 1.165) is 52.0 Å². The summed E-state index contributed by atoms with van der Waals surface area (Å²) in [6.07, 6.45) is 3.27. The van der Waals surface area contributed by atoms with Crippen LogP contribution in [0.1, 0.15) is 33.1 Å². The second-order valence-corrected chi connectivity index (χ2v) is 6.34. The van der Waals surface area contributed by atoms with E-state index in [2.05, 4.69) is 29.0 Å². The lowest BCUT2D eigenvalue weighted by molar-refractivity contribution is -0.127. The molecule has 19 heavy (non-hydrogen) atoms. The van der Waals surface area contributed by atoms with Gasteiger partial charge < -0.3 is 11.1 Å². The highest BCUT2D eigenvalue weighted by molar-refractivity contribution is 5.81. The minimum absolute atomic E-state index is 0.0673. The number of piperazine rings is 1. The third-order valence-corrected chi connectivity index (χ3v) is 4.62. The van der Waals surface area contributed by atoms with Crippen LogP contribution in [0.3, 0.4) is 0 Å². The van der Waals surface area contributed by atoms with Crippen LogP contribution in [-0.4, -0.2) is 66.6 Å². The van der Waals surface area contributed by atoms with Crippen molar-refractivity contribution in [3.63, 3.8) is 0 Å². The van der Waals surface area contributed by atoms with Crippen LogP contribution >= 0.6 is 0 Å². The number of nitrogens with one attached hydrogen (secondary N) is 1. The van der Waals surface area contributed by atoms with E-state index in [-0.39, 0.29) is 17.5 Å². The zero-order valence-electron chi connectivity index (χ0n) is 12.3. The van der Waals surface area contributed by atoms with Gasteiger partial charge in [-0.05, 0) is 33.1 Å². The first-order valence-corrected chi connectivity index (χ1v) is 7.51. The highest BCUT2D eigenvalue weighted by Crippen LogP contribution is 2.19.